The van der Waals surface area contributed by atoms with Gasteiger partial charge in [0.2, 0.25) is 0 Å². The van der Waals surface area contributed by atoms with Crippen molar-refractivity contribution < 1.29 is 0 Å². The summed E-state index contributed by atoms with van der Waals surface area (Å²) in [6, 6.07) is 37.2. The average Bonchev–Trinajstić information content (AvgIpc) is 3.78. The number of thiophene rings is 1. The zero-order chi connectivity index (χ0) is 31.0. The highest BCUT2D eigenvalue weighted by Gasteiger charge is 2.35. The van der Waals surface area contributed by atoms with E-state index in [1.54, 1.807) is 6.08 Å². The molecule has 7 aromatic rings. The van der Waals surface area contributed by atoms with E-state index in [4.69, 9.17) is 9.98 Å². The van der Waals surface area contributed by atoms with Crippen LogP contribution >= 0.6 is 11.3 Å². The first-order valence-electron chi connectivity index (χ1n) is 15.6. The Hall–Kier alpha value is -5.52. The first-order chi connectivity index (χ1) is 22.7. The van der Waals surface area contributed by atoms with Crippen molar-refractivity contribution in [2.24, 2.45) is 4.99 Å². The van der Waals surface area contributed by atoms with Crippen molar-refractivity contribution in [1.29, 1.82) is 0 Å². The minimum absolute atomic E-state index is 0.0863. The van der Waals surface area contributed by atoms with Gasteiger partial charge in [0.05, 0.1) is 28.3 Å². The van der Waals surface area contributed by atoms with Gasteiger partial charge < -0.3 is 9.47 Å². The highest BCUT2D eigenvalue weighted by Crippen LogP contribution is 2.41. The third kappa shape index (κ3) is 4.68. The topological polar surface area (TPSA) is 33.4 Å². The van der Waals surface area contributed by atoms with Crippen molar-refractivity contribution in [2.45, 2.75) is 19.1 Å². The van der Waals surface area contributed by atoms with Crippen LogP contribution in [0.2, 0.25) is 0 Å². The standard InChI is InChI=1S/C36H24N4S.C5H8/c1-2-9-24(10-3-1)40-30-13-6-5-12-29(30)38-36(40)23-16-18-25(19-17-23)39-31-14-8-20-37-35(31)28-21-27-26-11-4-7-15-33(26)41-34(27)22-32(28)39;1-3-5-4-2/h1-22,30,36H;3-5H,1H2,2H3/b;5-4-. The third-order valence-electron chi connectivity index (χ3n) is 8.66. The zero-order valence-electron chi connectivity index (χ0n) is 25.5. The van der Waals surface area contributed by atoms with E-state index in [0.29, 0.717) is 0 Å². The van der Waals surface area contributed by atoms with Gasteiger partial charge in [0.1, 0.15) is 6.17 Å². The Labute approximate surface area is 272 Å². The van der Waals surface area contributed by atoms with Crippen molar-refractivity contribution in [1.82, 2.24) is 9.55 Å². The Morgan fingerprint density at radius 2 is 1.59 bits per heavy atom. The lowest BCUT2D eigenvalue weighted by Crippen LogP contribution is -2.35. The number of anilines is 1. The van der Waals surface area contributed by atoms with Crippen LogP contribution in [0.1, 0.15) is 18.7 Å². The minimum atomic E-state index is -0.0863. The van der Waals surface area contributed by atoms with Crippen LogP contribution in [0.15, 0.2) is 163 Å². The Balaban J connectivity index is 0.000000583. The fraction of sp³-hybridized carbons (Fsp3) is 0.0732. The van der Waals surface area contributed by atoms with Crippen molar-refractivity contribution in [3.05, 3.63) is 164 Å². The molecule has 0 saturated carbocycles. The number of benzene rings is 4. The van der Waals surface area contributed by atoms with Crippen LogP contribution in [0.3, 0.4) is 0 Å². The molecule has 4 heterocycles. The summed E-state index contributed by atoms with van der Waals surface area (Å²) in [5.74, 6) is 0. The van der Waals surface area contributed by atoms with E-state index in [9.17, 15) is 0 Å². The molecule has 2 aliphatic rings. The maximum atomic E-state index is 5.17. The van der Waals surface area contributed by atoms with Crippen LogP contribution in [0, 0.1) is 0 Å². The summed E-state index contributed by atoms with van der Waals surface area (Å²) in [7, 11) is 0. The summed E-state index contributed by atoms with van der Waals surface area (Å²) in [5.41, 5.74) is 7.90. The van der Waals surface area contributed by atoms with Crippen LogP contribution in [-0.4, -0.2) is 21.3 Å². The molecule has 4 nitrogen and oxygen atoms in total. The summed E-state index contributed by atoms with van der Waals surface area (Å²) in [6.45, 7) is 5.42. The summed E-state index contributed by atoms with van der Waals surface area (Å²) < 4.78 is 4.96. The molecule has 46 heavy (non-hydrogen) atoms. The van der Waals surface area contributed by atoms with E-state index in [-0.39, 0.29) is 12.2 Å². The van der Waals surface area contributed by atoms with Gasteiger partial charge in [-0.2, -0.15) is 0 Å². The molecule has 0 amide bonds. The number of hydrogen-bond acceptors (Lipinski definition) is 4. The average molecular weight is 613 g/mol. The van der Waals surface area contributed by atoms with Crippen molar-refractivity contribution in [3.8, 4) is 5.69 Å². The fourth-order valence-electron chi connectivity index (χ4n) is 6.63. The number of rotatable bonds is 4. The Kier molecular flexibility index (Phi) is 7.16. The molecule has 9 rings (SSSR count). The Morgan fingerprint density at radius 1 is 0.761 bits per heavy atom. The lowest BCUT2D eigenvalue weighted by Gasteiger charge is -2.31. The van der Waals surface area contributed by atoms with Crippen LogP contribution < -0.4 is 4.90 Å². The summed E-state index contributed by atoms with van der Waals surface area (Å²) in [5, 5.41) is 3.78. The fourth-order valence-corrected chi connectivity index (χ4v) is 7.75. The number of hydrogen-bond donors (Lipinski definition) is 0. The first kappa shape index (κ1) is 28.0. The zero-order valence-corrected chi connectivity index (χ0v) is 26.3. The highest BCUT2D eigenvalue weighted by molar-refractivity contribution is 7.25. The second-order valence-electron chi connectivity index (χ2n) is 11.4. The maximum absolute atomic E-state index is 5.17. The molecule has 5 heteroatoms. The summed E-state index contributed by atoms with van der Waals surface area (Å²) in [6.07, 6.45) is 16.0. The summed E-state index contributed by atoms with van der Waals surface area (Å²) in [4.78, 5) is 12.4. The Bertz CT molecular complexity index is 2350. The molecule has 0 saturated heterocycles. The van der Waals surface area contributed by atoms with Gasteiger partial charge in [-0.15, -0.1) is 11.3 Å². The van der Waals surface area contributed by atoms with Gasteiger partial charge in [0.25, 0.3) is 0 Å². The van der Waals surface area contributed by atoms with E-state index in [2.05, 4.69) is 137 Å². The molecule has 222 valence electrons. The van der Waals surface area contributed by atoms with Gasteiger partial charge in [-0.25, -0.2) is 0 Å². The van der Waals surface area contributed by atoms with Crippen LogP contribution in [-0.2, 0) is 0 Å². The molecule has 3 aromatic heterocycles. The normalized spacial score (nSPS) is 17.2. The van der Waals surface area contributed by atoms with Gasteiger partial charge in [-0.1, -0.05) is 91.6 Å². The molecule has 2 atom stereocenters. The predicted molar refractivity (Wildman–Crippen MR) is 198 cm³/mol. The monoisotopic (exact) mass is 612 g/mol. The lowest BCUT2D eigenvalue weighted by atomic mass is 10.0. The van der Waals surface area contributed by atoms with E-state index in [1.807, 2.05) is 42.7 Å². The van der Waals surface area contributed by atoms with Crippen molar-refractivity contribution >= 4 is 64.8 Å². The smallest absolute Gasteiger partial charge is 0.148 e. The second kappa shape index (κ2) is 11.8. The van der Waals surface area contributed by atoms with Crippen LogP contribution in [0.25, 0.3) is 47.8 Å². The molecule has 0 fully saturated rings. The SMILES string of the molecule is C1=CC2=NC(c3ccc(-n4c5cc6sc7ccccc7c6cc5c5ncccc54)cc3)N(c3ccccc3)C2C=C1.C=C/C=C\C. The first-order valence-corrected chi connectivity index (χ1v) is 16.4. The van der Waals surface area contributed by atoms with E-state index in [1.165, 1.54) is 42.3 Å². The number of aromatic nitrogens is 2. The molecule has 2 unspecified atom stereocenters. The molecular formula is C41H32N4S. The Morgan fingerprint density at radius 3 is 2.39 bits per heavy atom. The van der Waals surface area contributed by atoms with Gasteiger partial charge in [0.15, 0.2) is 0 Å². The minimum Gasteiger partial charge on any atom is -0.334 e. The highest BCUT2D eigenvalue weighted by atomic mass is 32.1. The number of fused-ring (bicyclic) bond motifs is 7. The molecule has 1 aliphatic heterocycles. The number of allylic oxidation sites excluding steroid dienone is 5. The summed E-state index contributed by atoms with van der Waals surface area (Å²) >= 11 is 1.85. The maximum Gasteiger partial charge on any atom is 0.148 e. The van der Waals surface area contributed by atoms with E-state index >= 15 is 0 Å². The molecule has 4 aromatic carbocycles. The molecule has 0 radical (unpaired) electrons. The number of pyridine rings is 1. The van der Waals surface area contributed by atoms with E-state index < -0.39 is 0 Å². The molecule has 0 spiro atoms. The molecule has 0 bridgehead atoms. The number of nitrogens with zero attached hydrogens (tertiary/aromatic N) is 4. The van der Waals surface area contributed by atoms with Crippen molar-refractivity contribution in [2.75, 3.05) is 4.90 Å². The van der Waals surface area contributed by atoms with Crippen LogP contribution in [0.5, 0.6) is 0 Å². The van der Waals surface area contributed by atoms with Crippen LogP contribution in [0.4, 0.5) is 5.69 Å². The van der Waals surface area contributed by atoms with E-state index in [0.717, 1.165) is 22.4 Å². The lowest BCUT2D eigenvalue weighted by molar-refractivity contribution is 0.696. The third-order valence-corrected chi connectivity index (χ3v) is 9.79. The second-order valence-corrected chi connectivity index (χ2v) is 12.5. The molecular weight excluding hydrogens is 581 g/mol. The quantitative estimate of drug-likeness (QED) is 0.185. The van der Waals surface area contributed by atoms with Gasteiger partial charge in [-0.3, -0.25) is 9.98 Å². The van der Waals surface area contributed by atoms with Crippen molar-refractivity contribution in [3.63, 3.8) is 0 Å². The van der Waals surface area contributed by atoms with Gasteiger partial charge in [-0.05, 0) is 73.2 Å². The molecule has 1 aliphatic carbocycles. The van der Waals surface area contributed by atoms with Gasteiger partial charge in [0, 0.05) is 43.1 Å². The largest absolute Gasteiger partial charge is 0.334 e. The molecule has 0 N–H and O–H groups in total. The number of aliphatic imine (C=N–C) groups is 1. The number of para-hydroxylation sites is 1. The van der Waals surface area contributed by atoms with Gasteiger partial charge >= 0.3 is 0 Å². The predicted octanol–water partition coefficient (Wildman–Crippen LogP) is 10.7.